The van der Waals surface area contributed by atoms with Gasteiger partial charge in [0, 0.05) is 44.2 Å². The van der Waals surface area contributed by atoms with Crippen molar-refractivity contribution < 1.29 is 0 Å². The molecule has 63 heavy (non-hydrogen) atoms. The molecule has 294 valence electrons. The molecule has 0 aliphatic rings. The van der Waals surface area contributed by atoms with Gasteiger partial charge in [0.2, 0.25) is 0 Å². The van der Waals surface area contributed by atoms with Gasteiger partial charge in [0.05, 0.1) is 51.1 Å². The maximum Gasteiger partial charge on any atom is 0.162 e. The SMILES string of the molecule is N#Cc1ccc(-c2ccc3c4ccccc4n(-c4ccc(-c5cc(-c6ccccc6)nc(-c6ccccc6)n5)cc4-c4nc(-c5ccccc5)cc(-c5ccccc5)n4)c3c2)cc1. The molecule has 6 nitrogen and oxygen atoms in total. The monoisotopic (exact) mass is 804 g/mol. The van der Waals surface area contributed by atoms with Gasteiger partial charge in [-0.1, -0.05) is 170 Å². The second-order valence-electron chi connectivity index (χ2n) is 15.4. The second-order valence-corrected chi connectivity index (χ2v) is 15.4. The number of hydrogen-bond donors (Lipinski definition) is 0. The zero-order chi connectivity index (χ0) is 42.1. The lowest BCUT2D eigenvalue weighted by molar-refractivity contribution is 1.13. The molecule has 3 heterocycles. The first-order valence-corrected chi connectivity index (χ1v) is 20.9. The fourth-order valence-electron chi connectivity index (χ4n) is 8.37. The van der Waals surface area contributed by atoms with Crippen molar-refractivity contribution in [1.29, 1.82) is 5.26 Å². The van der Waals surface area contributed by atoms with Crippen molar-refractivity contribution in [3.8, 4) is 90.7 Å². The smallest absolute Gasteiger partial charge is 0.162 e. The standard InChI is InChI=1S/C57H36N6/c58-37-38-25-27-39(28-26-38)44-29-31-47-46-23-13-14-24-53(46)63(55(47)34-44)54-32-30-45(52-36-49(40-15-5-1-6-16-40)59-56(60-52)43-21-11-4-12-22-43)33-48(54)57-61-50(41-17-7-2-8-18-41)35-51(62-57)42-19-9-3-10-20-42/h1-36H. The Morgan fingerprint density at radius 1 is 0.333 bits per heavy atom. The van der Waals surface area contributed by atoms with Gasteiger partial charge in [-0.25, -0.2) is 19.9 Å². The summed E-state index contributed by atoms with van der Waals surface area (Å²) in [4.78, 5) is 21.1. The number of benzene rings is 8. The van der Waals surface area contributed by atoms with Crippen molar-refractivity contribution >= 4 is 21.8 Å². The minimum atomic E-state index is 0.585. The summed E-state index contributed by atoms with van der Waals surface area (Å²) in [6.07, 6.45) is 0. The third kappa shape index (κ3) is 7.10. The third-order valence-electron chi connectivity index (χ3n) is 11.5. The van der Waals surface area contributed by atoms with E-state index in [2.05, 4.69) is 120 Å². The number of fused-ring (bicyclic) bond motifs is 3. The highest BCUT2D eigenvalue weighted by Gasteiger charge is 2.21. The van der Waals surface area contributed by atoms with Crippen LogP contribution in [-0.2, 0) is 0 Å². The second kappa shape index (κ2) is 16.0. The molecule has 0 aliphatic carbocycles. The van der Waals surface area contributed by atoms with Crippen LogP contribution in [0.25, 0.3) is 106 Å². The van der Waals surface area contributed by atoms with E-state index in [1.807, 2.05) is 109 Å². The van der Waals surface area contributed by atoms with E-state index in [4.69, 9.17) is 19.9 Å². The summed E-state index contributed by atoms with van der Waals surface area (Å²) in [7, 11) is 0. The lowest BCUT2D eigenvalue weighted by Gasteiger charge is -2.17. The van der Waals surface area contributed by atoms with Crippen LogP contribution in [0.4, 0.5) is 0 Å². The molecule has 0 saturated heterocycles. The molecule has 8 aromatic carbocycles. The normalized spacial score (nSPS) is 11.2. The largest absolute Gasteiger partial charge is 0.308 e. The van der Waals surface area contributed by atoms with Crippen molar-refractivity contribution in [1.82, 2.24) is 24.5 Å². The average Bonchev–Trinajstić information content (AvgIpc) is 3.70. The van der Waals surface area contributed by atoms with Crippen LogP contribution in [-0.4, -0.2) is 24.5 Å². The molecule has 0 spiro atoms. The first kappa shape index (κ1) is 37.2. The first-order chi connectivity index (χ1) is 31.2. The van der Waals surface area contributed by atoms with Gasteiger partial charge in [0.1, 0.15) is 0 Å². The summed E-state index contributed by atoms with van der Waals surface area (Å²) in [6, 6.07) is 76.7. The van der Waals surface area contributed by atoms with E-state index < -0.39 is 0 Å². The van der Waals surface area contributed by atoms with Crippen LogP contribution in [0.2, 0.25) is 0 Å². The van der Waals surface area contributed by atoms with E-state index in [-0.39, 0.29) is 0 Å². The van der Waals surface area contributed by atoms with Gasteiger partial charge in [-0.15, -0.1) is 0 Å². The third-order valence-corrected chi connectivity index (χ3v) is 11.5. The molecule has 11 aromatic rings. The van der Waals surface area contributed by atoms with Crippen molar-refractivity contribution in [3.05, 3.63) is 224 Å². The summed E-state index contributed by atoms with van der Waals surface area (Å²) < 4.78 is 2.34. The predicted molar refractivity (Wildman–Crippen MR) is 255 cm³/mol. The van der Waals surface area contributed by atoms with Gasteiger partial charge >= 0.3 is 0 Å². The van der Waals surface area contributed by atoms with Gasteiger partial charge in [-0.05, 0) is 59.7 Å². The summed E-state index contributed by atoms with van der Waals surface area (Å²) in [5, 5.41) is 11.8. The molecule has 0 fully saturated rings. The van der Waals surface area contributed by atoms with Gasteiger partial charge in [0.15, 0.2) is 11.6 Å². The topological polar surface area (TPSA) is 80.3 Å². The number of rotatable bonds is 8. The van der Waals surface area contributed by atoms with Crippen LogP contribution < -0.4 is 0 Å². The molecule has 0 aliphatic heterocycles. The maximum absolute atomic E-state index is 9.52. The Labute approximate surface area is 364 Å². The summed E-state index contributed by atoms with van der Waals surface area (Å²) in [5.41, 5.74) is 14.6. The highest BCUT2D eigenvalue weighted by Crippen LogP contribution is 2.40. The van der Waals surface area contributed by atoms with Crippen molar-refractivity contribution in [2.24, 2.45) is 0 Å². The predicted octanol–water partition coefficient (Wildman–Crippen LogP) is 13.9. The molecular formula is C57H36N6. The minimum absolute atomic E-state index is 0.585. The fraction of sp³-hybridized carbons (Fsp3) is 0. The molecular weight excluding hydrogens is 769 g/mol. The van der Waals surface area contributed by atoms with Crippen LogP contribution in [0.3, 0.4) is 0 Å². The number of aromatic nitrogens is 5. The van der Waals surface area contributed by atoms with Crippen LogP contribution in [0.5, 0.6) is 0 Å². The van der Waals surface area contributed by atoms with E-state index in [1.54, 1.807) is 0 Å². The molecule has 3 aromatic heterocycles. The quantitative estimate of drug-likeness (QED) is 0.153. The molecule has 0 amide bonds. The van der Waals surface area contributed by atoms with Gasteiger partial charge in [0.25, 0.3) is 0 Å². The van der Waals surface area contributed by atoms with Crippen molar-refractivity contribution in [2.45, 2.75) is 0 Å². The molecule has 6 heteroatoms. The van der Waals surface area contributed by atoms with Crippen LogP contribution in [0.1, 0.15) is 5.56 Å². The average molecular weight is 805 g/mol. The van der Waals surface area contributed by atoms with E-state index in [9.17, 15) is 5.26 Å². The maximum atomic E-state index is 9.52. The molecule has 0 unspecified atom stereocenters. The lowest BCUT2D eigenvalue weighted by atomic mass is 10.0. The molecule has 0 saturated carbocycles. The number of para-hydroxylation sites is 1. The van der Waals surface area contributed by atoms with E-state index >= 15 is 0 Å². The fourth-order valence-corrected chi connectivity index (χ4v) is 8.37. The Hall–Kier alpha value is -8.79. The van der Waals surface area contributed by atoms with Crippen LogP contribution >= 0.6 is 0 Å². The number of nitrogens with zero attached hydrogens (tertiary/aromatic N) is 6. The molecule has 0 N–H and O–H groups in total. The Balaban J connectivity index is 1.20. The Kier molecular flexibility index (Phi) is 9.45. The molecule has 0 bridgehead atoms. The van der Waals surface area contributed by atoms with Crippen LogP contribution in [0, 0.1) is 11.3 Å². The van der Waals surface area contributed by atoms with E-state index in [1.165, 1.54) is 0 Å². The van der Waals surface area contributed by atoms with Gasteiger partial charge in [-0.2, -0.15) is 5.26 Å². The molecule has 0 atom stereocenters. The van der Waals surface area contributed by atoms with Gasteiger partial charge < -0.3 is 4.57 Å². The lowest BCUT2D eigenvalue weighted by Crippen LogP contribution is -2.03. The van der Waals surface area contributed by atoms with Crippen molar-refractivity contribution in [2.75, 3.05) is 0 Å². The Bertz CT molecular complexity index is 3370. The number of nitriles is 1. The minimum Gasteiger partial charge on any atom is -0.308 e. The van der Waals surface area contributed by atoms with Crippen molar-refractivity contribution in [3.63, 3.8) is 0 Å². The Morgan fingerprint density at radius 3 is 1.37 bits per heavy atom. The highest BCUT2D eigenvalue weighted by molar-refractivity contribution is 6.10. The molecule has 11 rings (SSSR count). The summed E-state index contributed by atoms with van der Waals surface area (Å²) in [6.45, 7) is 0. The van der Waals surface area contributed by atoms with E-state index in [0.717, 1.165) is 94.8 Å². The van der Waals surface area contributed by atoms with E-state index in [0.29, 0.717) is 17.2 Å². The summed E-state index contributed by atoms with van der Waals surface area (Å²) in [5.74, 6) is 1.23. The number of hydrogen-bond acceptors (Lipinski definition) is 5. The van der Waals surface area contributed by atoms with Gasteiger partial charge in [-0.3, -0.25) is 0 Å². The van der Waals surface area contributed by atoms with Crippen LogP contribution in [0.15, 0.2) is 218 Å². The summed E-state index contributed by atoms with van der Waals surface area (Å²) >= 11 is 0. The first-order valence-electron chi connectivity index (χ1n) is 20.9. The zero-order valence-electron chi connectivity index (χ0n) is 34.0. The zero-order valence-corrected chi connectivity index (χ0v) is 34.0. The highest BCUT2D eigenvalue weighted by atomic mass is 15.0. The molecule has 0 radical (unpaired) electrons. The Morgan fingerprint density at radius 2 is 0.794 bits per heavy atom.